The summed E-state index contributed by atoms with van der Waals surface area (Å²) in [6.45, 7) is 1.90. The van der Waals surface area contributed by atoms with Crippen LogP contribution in [0.3, 0.4) is 0 Å². The van der Waals surface area contributed by atoms with Crippen LogP contribution in [0.1, 0.15) is 29.2 Å². The molecule has 1 heterocycles. The molecule has 2 aromatic carbocycles. The van der Waals surface area contributed by atoms with Crippen LogP contribution in [0.15, 0.2) is 60.7 Å². The fraction of sp³-hybridized carbons (Fsp3) is 0.350. The van der Waals surface area contributed by atoms with Crippen molar-refractivity contribution >= 4 is 17.5 Å². The normalized spacial score (nSPS) is 18.0. The monoisotopic (exact) mass is 325 g/mol. The van der Waals surface area contributed by atoms with Gasteiger partial charge >= 0.3 is 0 Å². The highest BCUT2D eigenvalue weighted by atomic mass is 32.2. The van der Waals surface area contributed by atoms with E-state index in [0.717, 1.165) is 25.9 Å². The van der Waals surface area contributed by atoms with E-state index >= 15 is 0 Å². The zero-order valence-corrected chi connectivity index (χ0v) is 14.1. The first-order chi connectivity index (χ1) is 11.3. The molecule has 3 rings (SSSR count). The van der Waals surface area contributed by atoms with Gasteiger partial charge in [-0.1, -0.05) is 60.7 Å². The Morgan fingerprint density at radius 2 is 1.65 bits per heavy atom. The van der Waals surface area contributed by atoms with Gasteiger partial charge in [-0.05, 0) is 30.5 Å². The molecule has 3 heteroatoms. The Bertz CT molecular complexity index is 569. The van der Waals surface area contributed by atoms with E-state index in [4.69, 9.17) is 0 Å². The maximum absolute atomic E-state index is 12.5. The third-order valence-electron chi connectivity index (χ3n) is 4.35. The van der Waals surface area contributed by atoms with E-state index in [9.17, 15) is 4.79 Å². The van der Waals surface area contributed by atoms with Crippen molar-refractivity contribution in [3.05, 3.63) is 71.8 Å². The minimum Gasteiger partial charge on any atom is -0.316 e. The number of nitrogens with one attached hydrogen (secondary N) is 1. The molecule has 1 aliphatic rings. The van der Waals surface area contributed by atoms with E-state index in [1.165, 1.54) is 11.1 Å². The van der Waals surface area contributed by atoms with Gasteiger partial charge in [-0.15, -0.1) is 11.8 Å². The number of carbonyl (C=O) groups is 1. The molecule has 0 amide bonds. The lowest BCUT2D eigenvalue weighted by molar-refractivity contribution is -0.120. The lowest BCUT2D eigenvalue weighted by atomic mass is 9.96. The minimum absolute atomic E-state index is 0.198. The maximum Gasteiger partial charge on any atom is 0.147 e. The van der Waals surface area contributed by atoms with Gasteiger partial charge in [0.15, 0.2) is 0 Å². The van der Waals surface area contributed by atoms with Crippen molar-refractivity contribution in [2.24, 2.45) is 5.92 Å². The van der Waals surface area contributed by atoms with Crippen molar-refractivity contribution in [1.29, 1.82) is 0 Å². The van der Waals surface area contributed by atoms with Gasteiger partial charge in [0.25, 0.3) is 0 Å². The van der Waals surface area contributed by atoms with Crippen molar-refractivity contribution in [2.45, 2.75) is 18.1 Å². The highest BCUT2D eigenvalue weighted by Gasteiger charge is 2.23. The molecular formula is C20H23NOS. The van der Waals surface area contributed by atoms with Crippen LogP contribution in [0.25, 0.3) is 0 Å². The SMILES string of the molecule is O=C(CSC(c1ccccc1)c1ccccc1)C1CCCNC1. The lowest BCUT2D eigenvalue weighted by Crippen LogP contribution is -2.35. The topological polar surface area (TPSA) is 29.1 Å². The Labute approximate surface area is 142 Å². The van der Waals surface area contributed by atoms with Crippen molar-refractivity contribution in [1.82, 2.24) is 5.32 Å². The molecule has 1 saturated heterocycles. The summed E-state index contributed by atoms with van der Waals surface area (Å²) in [5.74, 6) is 1.17. The third kappa shape index (κ3) is 4.46. The van der Waals surface area contributed by atoms with Crippen molar-refractivity contribution in [3.8, 4) is 0 Å². The number of ketones is 1. The highest BCUT2D eigenvalue weighted by molar-refractivity contribution is 8.00. The summed E-state index contributed by atoms with van der Waals surface area (Å²) in [5.41, 5.74) is 2.52. The van der Waals surface area contributed by atoms with E-state index in [2.05, 4.69) is 53.8 Å². The smallest absolute Gasteiger partial charge is 0.147 e. The molecule has 1 N–H and O–H groups in total. The van der Waals surface area contributed by atoms with Gasteiger partial charge < -0.3 is 5.32 Å². The zero-order chi connectivity index (χ0) is 15.9. The number of rotatable bonds is 6. The Morgan fingerprint density at radius 1 is 1.04 bits per heavy atom. The summed E-state index contributed by atoms with van der Waals surface area (Å²) in [6, 6.07) is 20.9. The van der Waals surface area contributed by atoms with Crippen LogP contribution in [-0.2, 0) is 4.79 Å². The van der Waals surface area contributed by atoms with Crippen LogP contribution < -0.4 is 5.32 Å². The molecule has 0 saturated carbocycles. The molecule has 23 heavy (non-hydrogen) atoms. The second-order valence-electron chi connectivity index (χ2n) is 6.02. The van der Waals surface area contributed by atoms with Crippen LogP contribution >= 0.6 is 11.8 Å². The maximum atomic E-state index is 12.5. The van der Waals surface area contributed by atoms with Gasteiger partial charge in [0.1, 0.15) is 5.78 Å². The van der Waals surface area contributed by atoms with E-state index in [1.54, 1.807) is 11.8 Å². The first kappa shape index (κ1) is 16.3. The predicted molar refractivity (Wildman–Crippen MR) is 97.8 cm³/mol. The van der Waals surface area contributed by atoms with Crippen LogP contribution in [0.4, 0.5) is 0 Å². The van der Waals surface area contributed by atoms with Crippen molar-refractivity contribution in [3.63, 3.8) is 0 Å². The van der Waals surface area contributed by atoms with Gasteiger partial charge in [-0.3, -0.25) is 4.79 Å². The van der Waals surface area contributed by atoms with Gasteiger partial charge in [0.2, 0.25) is 0 Å². The summed E-state index contributed by atoms with van der Waals surface area (Å²) in [6.07, 6.45) is 2.15. The van der Waals surface area contributed by atoms with E-state index < -0.39 is 0 Å². The van der Waals surface area contributed by atoms with Crippen LogP contribution in [0.2, 0.25) is 0 Å². The van der Waals surface area contributed by atoms with Gasteiger partial charge in [-0.2, -0.15) is 0 Å². The molecule has 1 unspecified atom stereocenters. The number of piperidine rings is 1. The molecule has 2 aromatic rings. The number of thioether (sulfide) groups is 1. The lowest BCUT2D eigenvalue weighted by Gasteiger charge is -2.23. The molecule has 1 aliphatic heterocycles. The molecule has 2 nitrogen and oxygen atoms in total. The largest absolute Gasteiger partial charge is 0.316 e. The fourth-order valence-electron chi connectivity index (χ4n) is 3.05. The standard InChI is InChI=1S/C20H23NOS/c22-19(18-12-7-13-21-14-18)15-23-20(16-8-3-1-4-9-16)17-10-5-2-6-11-17/h1-6,8-11,18,20-21H,7,12-15H2. The number of carbonyl (C=O) groups excluding carboxylic acids is 1. The molecular weight excluding hydrogens is 302 g/mol. The average molecular weight is 325 g/mol. The summed E-state index contributed by atoms with van der Waals surface area (Å²) < 4.78 is 0. The molecule has 120 valence electrons. The van der Waals surface area contributed by atoms with E-state index in [1.807, 2.05) is 12.1 Å². The first-order valence-electron chi connectivity index (χ1n) is 8.29. The Morgan fingerprint density at radius 3 is 2.17 bits per heavy atom. The van der Waals surface area contributed by atoms with Gasteiger partial charge in [0.05, 0.1) is 11.0 Å². The van der Waals surface area contributed by atoms with Crippen LogP contribution in [-0.4, -0.2) is 24.6 Å². The summed E-state index contributed by atoms with van der Waals surface area (Å²) in [5, 5.41) is 3.56. The number of hydrogen-bond donors (Lipinski definition) is 1. The highest BCUT2D eigenvalue weighted by Crippen LogP contribution is 2.36. The second-order valence-corrected chi connectivity index (χ2v) is 7.12. The molecule has 0 aromatic heterocycles. The quantitative estimate of drug-likeness (QED) is 0.868. The molecule has 1 fully saturated rings. The molecule has 1 atom stereocenters. The van der Waals surface area contributed by atoms with Crippen LogP contribution in [0.5, 0.6) is 0 Å². The Kier molecular flexibility index (Phi) is 5.89. The first-order valence-corrected chi connectivity index (χ1v) is 9.34. The average Bonchev–Trinajstić information content (AvgIpc) is 2.64. The number of hydrogen-bond acceptors (Lipinski definition) is 3. The fourth-order valence-corrected chi connectivity index (χ4v) is 4.32. The molecule has 0 spiro atoms. The summed E-state index contributed by atoms with van der Waals surface area (Å²) in [7, 11) is 0. The summed E-state index contributed by atoms with van der Waals surface area (Å²) in [4.78, 5) is 12.5. The van der Waals surface area contributed by atoms with Crippen LogP contribution in [0, 0.1) is 5.92 Å². The van der Waals surface area contributed by atoms with Gasteiger partial charge in [0, 0.05) is 12.5 Å². The van der Waals surface area contributed by atoms with Crippen molar-refractivity contribution < 1.29 is 4.79 Å². The minimum atomic E-state index is 0.198. The van der Waals surface area contributed by atoms with E-state index in [0.29, 0.717) is 11.5 Å². The van der Waals surface area contributed by atoms with E-state index in [-0.39, 0.29) is 11.2 Å². The Hall–Kier alpha value is -1.58. The van der Waals surface area contributed by atoms with Gasteiger partial charge in [-0.25, -0.2) is 0 Å². The molecule has 0 radical (unpaired) electrons. The number of benzene rings is 2. The molecule has 0 bridgehead atoms. The molecule has 0 aliphatic carbocycles. The third-order valence-corrected chi connectivity index (χ3v) is 5.68. The zero-order valence-electron chi connectivity index (χ0n) is 13.3. The predicted octanol–water partition coefficient (Wildman–Crippen LogP) is 4.08. The summed E-state index contributed by atoms with van der Waals surface area (Å²) >= 11 is 1.75. The number of Topliss-reactive ketones (excluding diaryl/α,β-unsaturated/α-hetero) is 1. The second kappa shape index (κ2) is 8.32. The Balaban J connectivity index is 1.70. The van der Waals surface area contributed by atoms with Crippen molar-refractivity contribution in [2.75, 3.05) is 18.8 Å².